The van der Waals surface area contributed by atoms with Crippen molar-refractivity contribution in [1.29, 1.82) is 0 Å². The van der Waals surface area contributed by atoms with E-state index in [0.717, 1.165) is 26.0 Å². The zero-order chi connectivity index (χ0) is 13.0. The van der Waals surface area contributed by atoms with E-state index in [0.29, 0.717) is 23.1 Å². The lowest BCUT2D eigenvalue weighted by Gasteiger charge is -2.31. The van der Waals surface area contributed by atoms with E-state index in [9.17, 15) is 4.39 Å². The third-order valence-electron chi connectivity index (χ3n) is 3.38. The second-order valence-electron chi connectivity index (χ2n) is 4.68. The van der Waals surface area contributed by atoms with Gasteiger partial charge in [0.1, 0.15) is 5.82 Å². The van der Waals surface area contributed by atoms with Gasteiger partial charge in [0, 0.05) is 29.2 Å². The minimum absolute atomic E-state index is 0.0194. The Hall–Kier alpha value is -0.640. The van der Waals surface area contributed by atoms with Gasteiger partial charge in [-0.1, -0.05) is 18.5 Å². The molecule has 1 aromatic carbocycles. The van der Waals surface area contributed by atoms with Gasteiger partial charge in [0.2, 0.25) is 0 Å². The number of benzene rings is 1. The van der Waals surface area contributed by atoms with Gasteiger partial charge in [0.15, 0.2) is 0 Å². The molecule has 1 fully saturated rings. The van der Waals surface area contributed by atoms with E-state index >= 15 is 0 Å². The van der Waals surface area contributed by atoms with Gasteiger partial charge in [-0.3, -0.25) is 0 Å². The largest absolute Gasteiger partial charge is 0.381 e. The third-order valence-corrected chi connectivity index (χ3v) is 3.62. The molecule has 1 aliphatic rings. The molecule has 1 N–H and O–H groups in total. The van der Waals surface area contributed by atoms with Crippen molar-refractivity contribution in [3.63, 3.8) is 0 Å². The quantitative estimate of drug-likeness (QED) is 0.904. The molecular weight excluding hydrogens is 253 g/mol. The highest BCUT2D eigenvalue weighted by Gasteiger charge is 2.27. The Morgan fingerprint density at radius 1 is 1.56 bits per heavy atom. The van der Waals surface area contributed by atoms with Crippen LogP contribution in [0.3, 0.4) is 0 Å². The molecule has 2 atom stereocenters. The summed E-state index contributed by atoms with van der Waals surface area (Å²) in [6.45, 7) is 4.32. The molecule has 0 bridgehead atoms. The van der Waals surface area contributed by atoms with Crippen molar-refractivity contribution < 1.29 is 9.13 Å². The van der Waals surface area contributed by atoms with Crippen LogP contribution in [0.4, 0.5) is 4.39 Å². The van der Waals surface area contributed by atoms with E-state index in [1.165, 1.54) is 6.07 Å². The van der Waals surface area contributed by atoms with Crippen LogP contribution in [0, 0.1) is 11.7 Å². The van der Waals surface area contributed by atoms with E-state index in [2.05, 4.69) is 5.32 Å². The maximum atomic E-state index is 14.0. The van der Waals surface area contributed by atoms with Crippen LogP contribution in [0.15, 0.2) is 18.2 Å². The summed E-state index contributed by atoms with van der Waals surface area (Å²) in [6.07, 6.45) is 2.10. The fourth-order valence-electron chi connectivity index (χ4n) is 2.53. The topological polar surface area (TPSA) is 21.3 Å². The summed E-state index contributed by atoms with van der Waals surface area (Å²) in [4.78, 5) is 0. The molecule has 2 nitrogen and oxygen atoms in total. The molecule has 0 radical (unpaired) electrons. The van der Waals surface area contributed by atoms with Gasteiger partial charge in [0.05, 0.1) is 6.61 Å². The first-order valence-corrected chi connectivity index (χ1v) is 6.86. The summed E-state index contributed by atoms with van der Waals surface area (Å²) < 4.78 is 19.5. The van der Waals surface area contributed by atoms with Crippen LogP contribution in [0.1, 0.15) is 31.4 Å². The molecule has 1 aliphatic heterocycles. The molecule has 2 rings (SSSR count). The molecule has 4 heteroatoms. The predicted octanol–water partition coefficient (Wildman–Crippen LogP) is 3.56. The fraction of sp³-hybridized carbons (Fsp3) is 0.571. The Morgan fingerprint density at radius 3 is 3.06 bits per heavy atom. The molecule has 18 heavy (non-hydrogen) atoms. The second kappa shape index (κ2) is 6.50. The van der Waals surface area contributed by atoms with Gasteiger partial charge in [0.25, 0.3) is 0 Å². The van der Waals surface area contributed by atoms with Crippen LogP contribution in [-0.2, 0) is 4.74 Å². The van der Waals surface area contributed by atoms with E-state index < -0.39 is 0 Å². The average molecular weight is 272 g/mol. The standard InChI is InChI=1S/C14H19ClFNO/c1-2-17-14(10-4-3-7-18-9-10)12-8-11(15)5-6-13(12)16/h5-6,8,10,14,17H,2-4,7,9H2,1H3. The van der Waals surface area contributed by atoms with Crippen LogP contribution < -0.4 is 5.32 Å². The molecule has 0 aromatic heterocycles. The van der Waals surface area contributed by atoms with E-state index in [4.69, 9.17) is 16.3 Å². The number of hydrogen-bond acceptors (Lipinski definition) is 2. The molecular formula is C14H19ClFNO. The predicted molar refractivity (Wildman–Crippen MR) is 71.4 cm³/mol. The lowest BCUT2D eigenvalue weighted by atomic mass is 9.88. The molecule has 1 saturated heterocycles. The smallest absolute Gasteiger partial charge is 0.128 e. The lowest BCUT2D eigenvalue weighted by molar-refractivity contribution is 0.0387. The normalized spacial score (nSPS) is 21.8. The van der Waals surface area contributed by atoms with Gasteiger partial charge >= 0.3 is 0 Å². The highest BCUT2D eigenvalue weighted by molar-refractivity contribution is 6.30. The van der Waals surface area contributed by atoms with Crippen molar-refractivity contribution in [2.45, 2.75) is 25.8 Å². The monoisotopic (exact) mass is 271 g/mol. The number of nitrogens with one attached hydrogen (secondary N) is 1. The summed E-state index contributed by atoms with van der Waals surface area (Å²) in [7, 11) is 0. The average Bonchev–Trinajstić information content (AvgIpc) is 2.40. The molecule has 0 spiro atoms. The van der Waals surface area contributed by atoms with Gasteiger partial charge in [-0.25, -0.2) is 4.39 Å². The molecule has 0 aliphatic carbocycles. The first-order chi connectivity index (χ1) is 8.72. The van der Waals surface area contributed by atoms with Gasteiger partial charge in [-0.15, -0.1) is 0 Å². The van der Waals surface area contributed by atoms with Crippen molar-refractivity contribution in [3.8, 4) is 0 Å². The number of ether oxygens (including phenoxy) is 1. The summed E-state index contributed by atoms with van der Waals surface area (Å²) in [5, 5.41) is 3.93. The summed E-state index contributed by atoms with van der Waals surface area (Å²) in [5.41, 5.74) is 0.653. The summed E-state index contributed by atoms with van der Waals surface area (Å²) in [5.74, 6) is 0.114. The maximum absolute atomic E-state index is 14.0. The van der Waals surface area contributed by atoms with Gasteiger partial charge in [-0.05, 0) is 37.6 Å². The van der Waals surface area contributed by atoms with Crippen molar-refractivity contribution in [1.82, 2.24) is 5.32 Å². The van der Waals surface area contributed by atoms with Crippen molar-refractivity contribution in [2.24, 2.45) is 5.92 Å². The summed E-state index contributed by atoms with van der Waals surface area (Å²) in [6, 6.07) is 4.72. The highest BCUT2D eigenvalue weighted by atomic mass is 35.5. The second-order valence-corrected chi connectivity index (χ2v) is 5.11. The van der Waals surface area contributed by atoms with Crippen LogP contribution in [-0.4, -0.2) is 19.8 Å². The van der Waals surface area contributed by atoms with Crippen molar-refractivity contribution in [3.05, 3.63) is 34.6 Å². The zero-order valence-electron chi connectivity index (χ0n) is 10.6. The summed E-state index contributed by atoms with van der Waals surface area (Å²) >= 11 is 5.97. The van der Waals surface area contributed by atoms with Gasteiger partial charge < -0.3 is 10.1 Å². The first kappa shape index (κ1) is 13.8. The lowest BCUT2D eigenvalue weighted by Crippen LogP contribution is -2.34. The number of halogens is 2. The van der Waals surface area contributed by atoms with E-state index in [-0.39, 0.29) is 11.9 Å². The van der Waals surface area contributed by atoms with Crippen molar-refractivity contribution >= 4 is 11.6 Å². The molecule has 1 aromatic rings. The van der Waals surface area contributed by atoms with Crippen LogP contribution >= 0.6 is 11.6 Å². The van der Waals surface area contributed by atoms with Gasteiger partial charge in [-0.2, -0.15) is 0 Å². The molecule has 1 heterocycles. The Balaban J connectivity index is 2.24. The highest BCUT2D eigenvalue weighted by Crippen LogP contribution is 2.31. The Kier molecular flexibility index (Phi) is 4.98. The van der Waals surface area contributed by atoms with Crippen LogP contribution in [0.5, 0.6) is 0 Å². The molecule has 2 unspecified atom stereocenters. The minimum Gasteiger partial charge on any atom is -0.381 e. The minimum atomic E-state index is -0.198. The molecule has 100 valence electrons. The van der Waals surface area contributed by atoms with Crippen LogP contribution in [0.25, 0.3) is 0 Å². The van der Waals surface area contributed by atoms with Crippen LogP contribution in [0.2, 0.25) is 5.02 Å². The number of rotatable bonds is 4. The Bertz CT molecular complexity index is 393. The van der Waals surface area contributed by atoms with Crippen molar-refractivity contribution in [2.75, 3.05) is 19.8 Å². The third kappa shape index (κ3) is 3.22. The fourth-order valence-corrected chi connectivity index (χ4v) is 2.71. The number of hydrogen-bond donors (Lipinski definition) is 1. The molecule has 0 amide bonds. The SMILES string of the molecule is CCNC(c1cc(Cl)ccc1F)C1CCCOC1. The Morgan fingerprint density at radius 2 is 2.39 bits per heavy atom. The first-order valence-electron chi connectivity index (χ1n) is 6.48. The Labute approximate surface area is 112 Å². The van der Waals surface area contributed by atoms with E-state index in [1.807, 2.05) is 6.92 Å². The maximum Gasteiger partial charge on any atom is 0.128 e. The zero-order valence-corrected chi connectivity index (χ0v) is 11.3. The van der Waals surface area contributed by atoms with E-state index in [1.54, 1.807) is 12.1 Å². The molecule has 0 saturated carbocycles.